The van der Waals surface area contributed by atoms with Crippen molar-refractivity contribution >= 4 is 5.69 Å². The molecule has 0 bridgehead atoms. The normalized spacial score (nSPS) is 9.93. The first-order valence-electron chi connectivity index (χ1n) is 4.74. The van der Waals surface area contributed by atoms with Crippen LogP contribution in [-0.2, 0) is 6.54 Å². The van der Waals surface area contributed by atoms with E-state index in [1.165, 1.54) is 0 Å². The van der Waals surface area contributed by atoms with E-state index in [0.717, 1.165) is 17.9 Å². The third kappa shape index (κ3) is 2.49. The van der Waals surface area contributed by atoms with Crippen LogP contribution < -0.4 is 10.1 Å². The number of pyridine rings is 1. The van der Waals surface area contributed by atoms with Gasteiger partial charge in [-0.15, -0.1) is 0 Å². The zero-order valence-corrected chi connectivity index (χ0v) is 8.53. The van der Waals surface area contributed by atoms with Gasteiger partial charge >= 0.3 is 0 Å². The summed E-state index contributed by atoms with van der Waals surface area (Å²) in [5.74, 6) is 0.625. The molecule has 4 heteroatoms. The van der Waals surface area contributed by atoms with Crippen molar-refractivity contribution in [2.45, 2.75) is 6.54 Å². The summed E-state index contributed by atoms with van der Waals surface area (Å²) < 4.78 is 4.97. The van der Waals surface area contributed by atoms with Gasteiger partial charge in [0.25, 0.3) is 0 Å². The van der Waals surface area contributed by atoms with Crippen molar-refractivity contribution < 1.29 is 4.74 Å². The molecule has 2 heterocycles. The lowest BCUT2D eigenvalue weighted by molar-refractivity contribution is 0.398. The summed E-state index contributed by atoms with van der Waals surface area (Å²) in [6.45, 7) is 0.765. The van der Waals surface area contributed by atoms with Crippen LogP contribution in [0.1, 0.15) is 5.69 Å². The maximum atomic E-state index is 4.97. The van der Waals surface area contributed by atoms with E-state index in [1.807, 2.05) is 30.5 Å². The van der Waals surface area contributed by atoms with E-state index in [1.54, 1.807) is 13.3 Å². The number of ether oxygens (including phenoxy) is 1. The fraction of sp³-hybridized carbons (Fsp3) is 0.182. The SMILES string of the molecule is COc1ccc(NCc2ccc[nH]2)cn1. The number of nitrogens with zero attached hydrogens (tertiary/aromatic N) is 1. The van der Waals surface area contributed by atoms with Gasteiger partial charge in [-0.3, -0.25) is 0 Å². The highest BCUT2D eigenvalue weighted by Gasteiger charge is 1.95. The fourth-order valence-electron chi connectivity index (χ4n) is 1.28. The second-order valence-corrected chi connectivity index (χ2v) is 3.14. The first kappa shape index (κ1) is 9.58. The Labute approximate surface area is 88.3 Å². The van der Waals surface area contributed by atoms with Gasteiger partial charge in [0.15, 0.2) is 0 Å². The van der Waals surface area contributed by atoms with Gasteiger partial charge in [-0.05, 0) is 18.2 Å². The van der Waals surface area contributed by atoms with Crippen LogP contribution in [0.5, 0.6) is 5.88 Å². The molecule has 0 saturated heterocycles. The van der Waals surface area contributed by atoms with Crippen molar-refractivity contribution in [2.24, 2.45) is 0 Å². The van der Waals surface area contributed by atoms with Crippen LogP contribution in [0.2, 0.25) is 0 Å². The lowest BCUT2D eigenvalue weighted by atomic mass is 10.4. The van der Waals surface area contributed by atoms with Crippen LogP contribution in [-0.4, -0.2) is 17.1 Å². The molecule has 2 aromatic rings. The number of H-pyrrole nitrogens is 1. The molecular weight excluding hydrogens is 190 g/mol. The summed E-state index contributed by atoms with van der Waals surface area (Å²) in [7, 11) is 1.61. The second-order valence-electron chi connectivity index (χ2n) is 3.14. The van der Waals surface area contributed by atoms with Crippen molar-refractivity contribution in [3.8, 4) is 5.88 Å². The molecule has 2 aromatic heterocycles. The van der Waals surface area contributed by atoms with Gasteiger partial charge in [-0.25, -0.2) is 4.98 Å². The van der Waals surface area contributed by atoms with Crippen LogP contribution in [0.25, 0.3) is 0 Å². The van der Waals surface area contributed by atoms with E-state index in [-0.39, 0.29) is 0 Å². The monoisotopic (exact) mass is 203 g/mol. The molecule has 0 atom stereocenters. The number of methoxy groups -OCH3 is 1. The Morgan fingerprint density at radius 1 is 1.40 bits per heavy atom. The van der Waals surface area contributed by atoms with E-state index in [0.29, 0.717) is 5.88 Å². The Hall–Kier alpha value is -1.97. The molecule has 4 nitrogen and oxygen atoms in total. The molecule has 0 fully saturated rings. The number of hydrogen-bond acceptors (Lipinski definition) is 3. The molecule has 2 N–H and O–H groups in total. The Bertz CT molecular complexity index is 394. The van der Waals surface area contributed by atoms with Gasteiger partial charge in [-0.2, -0.15) is 0 Å². The minimum Gasteiger partial charge on any atom is -0.481 e. The zero-order valence-electron chi connectivity index (χ0n) is 8.53. The number of aromatic nitrogens is 2. The molecule has 0 saturated carbocycles. The minimum absolute atomic E-state index is 0.625. The first-order chi connectivity index (χ1) is 7.38. The van der Waals surface area contributed by atoms with Gasteiger partial charge < -0.3 is 15.0 Å². The number of anilines is 1. The van der Waals surface area contributed by atoms with Crippen LogP contribution in [0.3, 0.4) is 0 Å². The van der Waals surface area contributed by atoms with E-state index < -0.39 is 0 Å². The lowest BCUT2D eigenvalue weighted by Gasteiger charge is -2.05. The minimum atomic E-state index is 0.625. The molecule has 15 heavy (non-hydrogen) atoms. The van der Waals surface area contributed by atoms with E-state index >= 15 is 0 Å². The number of aromatic amines is 1. The molecule has 0 spiro atoms. The zero-order chi connectivity index (χ0) is 10.5. The highest BCUT2D eigenvalue weighted by atomic mass is 16.5. The Morgan fingerprint density at radius 3 is 2.93 bits per heavy atom. The van der Waals surface area contributed by atoms with Gasteiger partial charge in [0.05, 0.1) is 25.5 Å². The molecule has 0 amide bonds. The van der Waals surface area contributed by atoms with Crippen LogP contribution in [0, 0.1) is 0 Å². The first-order valence-corrected chi connectivity index (χ1v) is 4.74. The lowest BCUT2D eigenvalue weighted by Crippen LogP contribution is -2.00. The Morgan fingerprint density at radius 2 is 2.33 bits per heavy atom. The van der Waals surface area contributed by atoms with Gasteiger partial charge in [0.1, 0.15) is 0 Å². The van der Waals surface area contributed by atoms with Gasteiger partial charge in [0, 0.05) is 18.0 Å². The summed E-state index contributed by atoms with van der Waals surface area (Å²) in [6.07, 6.45) is 3.66. The molecule has 0 aliphatic heterocycles. The van der Waals surface area contributed by atoms with Crippen molar-refractivity contribution in [3.63, 3.8) is 0 Å². The molecule has 0 aliphatic carbocycles. The van der Waals surface area contributed by atoms with Gasteiger partial charge in [-0.1, -0.05) is 0 Å². The number of nitrogens with one attached hydrogen (secondary N) is 2. The average Bonchev–Trinajstić information content (AvgIpc) is 2.80. The van der Waals surface area contributed by atoms with Crippen LogP contribution in [0.15, 0.2) is 36.7 Å². The highest BCUT2D eigenvalue weighted by Crippen LogP contribution is 2.11. The molecule has 0 unspecified atom stereocenters. The summed E-state index contributed by atoms with van der Waals surface area (Å²) >= 11 is 0. The smallest absolute Gasteiger partial charge is 0.213 e. The van der Waals surface area contributed by atoms with E-state index in [9.17, 15) is 0 Å². The largest absolute Gasteiger partial charge is 0.481 e. The van der Waals surface area contributed by atoms with E-state index in [4.69, 9.17) is 4.74 Å². The van der Waals surface area contributed by atoms with Crippen molar-refractivity contribution in [2.75, 3.05) is 12.4 Å². The molecular formula is C11H13N3O. The third-order valence-corrected chi connectivity index (χ3v) is 2.09. The summed E-state index contributed by atoms with van der Waals surface area (Å²) in [5, 5.41) is 3.25. The molecule has 0 aliphatic rings. The quantitative estimate of drug-likeness (QED) is 0.799. The standard InChI is InChI=1S/C11H13N3O/c1-15-11-5-4-10(8-14-11)13-7-9-3-2-6-12-9/h2-6,8,12-13H,7H2,1H3. The number of rotatable bonds is 4. The average molecular weight is 203 g/mol. The maximum absolute atomic E-state index is 4.97. The molecule has 2 rings (SSSR count). The van der Waals surface area contributed by atoms with Crippen molar-refractivity contribution in [1.82, 2.24) is 9.97 Å². The van der Waals surface area contributed by atoms with E-state index in [2.05, 4.69) is 15.3 Å². The van der Waals surface area contributed by atoms with Crippen LogP contribution >= 0.6 is 0 Å². The Balaban J connectivity index is 1.93. The topological polar surface area (TPSA) is 49.9 Å². The summed E-state index contributed by atoms with van der Waals surface area (Å²) in [4.78, 5) is 7.22. The van der Waals surface area contributed by atoms with Crippen molar-refractivity contribution in [1.29, 1.82) is 0 Å². The third-order valence-electron chi connectivity index (χ3n) is 2.09. The van der Waals surface area contributed by atoms with Gasteiger partial charge in [0.2, 0.25) is 5.88 Å². The molecule has 78 valence electrons. The molecule has 0 radical (unpaired) electrons. The van der Waals surface area contributed by atoms with Crippen LogP contribution in [0.4, 0.5) is 5.69 Å². The summed E-state index contributed by atoms with van der Waals surface area (Å²) in [5.41, 5.74) is 2.12. The summed E-state index contributed by atoms with van der Waals surface area (Å²) in [6, 6.07) is 7.78. The molecule has 0 aromatic carbocycles. The fourth-order valence-corrected chi connectivity index (χ4v) is 1.28. The maximum Gasteiger partial charge on any atom is 0.213 e. The highest BCUT2D eigenvalue weighted by molar-refractivity contribution is 5.42. The van der Waals surface area contributed by atoms with Crippen molar-refractivity contribution in [3.05, 3.63) is 42.4 Å². The predicted octanol–water partition coefficient (Wildman–Crippen LogP) is 2.03. The second kappa shape index (κ2) is 4.50. The predicted molar refractivity (Wildman–Crippen MR) is 58.9 cm³/mol. The Kier molecular flexibility index (Phi) is 2.88. The number of hydrogen-bond donors (Lipinski definition) is 2.